The largest absolute Gasteiger partial charge is 0.457 e. The molecule has 0 bridgehead atoms. The van der Waals surface area contributed by atoms with Gasteiger partial charge in [-0.15, -0.1) is 10.2 Å². The maximum atomic E-state index is 12.6. The van der Waals surface area contributed by atoms with E-state index in [9.17, 15) is 4.79 Å². The molecular formula is C24H23Cl2N5O2. The summed E-state index contributed by atoms with van der Waals surface area (Å²) in [7, 11) is 0. The Bertz CT molecular complexity index is 1110. The van der Waals surface area contributed by atoms with Crippen LogP contribution in [0.4, 0.5) is 10.6 Å². The molecule has 170 valence electrons. The zero-order chi connectivity index (χ0) is 22.8. The number of hydrogen-bond acceptors (Lipinski definition) is 5. The third-order valence-corrected chi connectivity index (χ3v) is 6.52. The van der Waals surface area contributed by atoms with E-state index in [2.05, 4.69) is 32.5 Å². The third-order valence-electron chi connectivity index (χ3n) is 6.07. The van der Waals surface area contributed by atoms with Gasteiger partial charge in [-0.2, -0.15) is 0 Å². The number of carbonyl (C=O) groups is 1. The number of halogens is 2. The van der Waals surface area contributed by atoms with Gasteiger partial charge in [0.2, 0.25) is 0 Å². The first-order valence-corrected chi connectivity index (χ1v) is 11.6. The van der Waals surface area contributed by atoms with E-state index < -0.39 is 0 Å². The van der Waals surface area contributed by atoms with Crippen LogP contribution in [0.25, 0.3) is 0 Å². The van der Waals surface area contributed by atoms with Gasteiger partial charge in [0, 0.05) is 37.7 Å². The molecule has 5 rings (SSSR count). The quantitative estimate of drug-likeness (QED) is 0.541. The predicted molar refractivity (Wildman–Crippen MR) is 128 cm³/mol. The zero-order valence-corrected chi connectivity index (χ0v) is 19.3. The average molecular weight is 484 g/mol. The minimum Gasteiger partial charge on any atom is -0.457 e. The smallest absolute Gasteiger partial charge is 0.323 e. The molecule has 0 spiro atoms. The highest BCUT2D eigenvalue weighted by molar-refractivity contribution is 6.30. The van der Waals surface area contributed by atoms with E-state index in [-0.39, 0.29) is 6.03 Å². The highest BCUT2D eigenvalue weighted by Gasteiger charge is 2.41. The number of urea groups is 1. The van der Waals surface area contributed by atoms with Crippen LogP contribution >= 0.6 is 23.2 Å². The number of hydrogen-bond donors (Lipinski definition) is 1. The van der Waals surface area contributed by atoms with Crippen LogP contribution in [0.15, 0.2) is 60.7 Å². The number of fused-ring (bicyclic) bond motifs is 1. The van der Waals surface area contributed by atoms with Gasteiger partial charge in [-0.05, 0) is 65.9 Å². The lowest BCUT2D eigenvalue weighted by atomic mass is 10.0. The fourth-order valence-electron chi connectivity index (χ4n) is 4.56. The normalized spacial score (nSPS) is 20.0. The number of benzene rings is 2. The summed E-state index contributed by atoms with van der Waals surface area (Å²) in [6, 6.07) is 18.6. The van der Waals surface area contributed by atoms with E-state index >= 15 is 0 Å². The minimum atomic E-state index is -0.139. The van der Waals surface area contributed by atoms with E-state index in [0.29, 0.717) is 27.8 Å². The molecule has 1 N–H and O–H groups in total. The molecule has 3 aromatic rings. The number of nitrogens with one attached hydrogen (secondary N) is 1. The second kappa shape index (κ2) is 9.55. The van der Waals surface area contributed by atoms with Crippen molar-refractivity contribution in [1.29, 1.82) is 0 Å². The summed E-state index contributed by atoms with van der Waals surface area (Å²) in [5.41, 5.74) is 1.21. The summed E-state index contributed by atoms with van der Waals surface area (Å²) in [6.07, 6.45) is 0. The number of ether oxygens (including phenoxy) is 1. The summed E-state index contributed by atoms with van der Waals surface area (Å²) in [6.45, 7) is 4.29. The first kappa shape index (κ1) is 21.9. The van der Waals surface area contributed by atoms with Crippen LogP contribution in [0.5, 0.6) is 11.5 Å². The van der Waals surface area contributed by atoms with Gasteiger partial charge in [-0.1, -0.05) is 35.3 Å². The molecule has 33 heavy (non-hydrogen) atoms. The first-order chi connectivity index (χ1) is 16.0. The standard InChI is InChI=1S/C24H23Cl2N5O2/c25-19-4-6-20(7-5-19)33-21-3-1-2-16(10-21)11-30-12-17-14-31(15-18(17)13-30)24(32)27-23-9-8-22(26)28-29-23/h1-10,17-18H,11-15H2,(H,27,29,32)/t17-,18+. The van der Waals surface area contributed by atoms with Crippen molar-refractivity contribution in [3.05, 3.63) is 76.4 Å². The van der Waals surface area contributed by atoms with Gasteiger partial charge in [0.05, 0.1) is 0 Å². The van der Waals surface area contributed by atoms with E-state index in [1.165, 1.54) is 5.56 Å². The molecule has 2 aromatic carbocycles. The van der Waals surface area contributed by atoms with E-state index in [1.54, 1.807) is 12.1 Å². The van der Waals surface area contributed by atoms with Crippen molar-refractivity contribution >= 4 is 35.1 Å². The van der Waals surface area contributed by atoms with Crippen molar-refractivity contribution in [1.82, 2.24) is 20.0 Å². The SMILES string of the molecule is O=C(Nc1ccc(Cl)nn1)N1C[C@H]2CN(Cc3cccc(Oc4ccc(Cl)cc4)c3)C[C@H]2C1. The zero-order valence-electron chi connectivity index (χ0n) is 17.8. The molecule has 2 atom stereocenters. The number of amides is 2. The van der Waals surface area contributed by atoms with Crippen molar-refractivity contribution < 1.29 is 9.53 Å². The number of aromatic nitrogens is 2. The van der Waals surface area contributed by atoms with Crippen LogP contribution in [0, 0.1) is 11.8 Å². The molecule has 2 amide bonds. The van der Waals surface area contributed by atoms with Gasteiger partial charge >= 0.3 is 6.03 Å². The summed E-state index contributed by atoms with van der Waals surface area (Å²) in [4.78, 5) is 16.9. The summed E-state index contributed by atoms with van der Waals surface area (Å²) in [5, 5.41) is 11.4. The lowest BCUT2D eigenvalue weighted by molar-refractivity contribution is 0.211. The molecule has 0 aliphatic carbocycles. The fourth-order valence-corrected chi connectivity index (χ4v) is 4.79. The lowest BCUT2D eigenvalue weighted by Crippen LogP contribution is -2.36. The van der Waals surface area contributed by atoms with Gasteiger partial charge < -0.3 is 9.64 Å². The number of likely N-dealkylation sites (tertiary alicyclic amines) is 2. The fraction of sp³-hybridized carbons (Fsp3) is 0.292. The molecular weight excluding hydrogens is 461 g/mol. The summed E-state index contributed by atoms with van der Waals surface area (Å²) < 4.78 is 5.96. The molecule has 2 aliphatic rings. The van der Waals surface area contributed by atoms with Crippen LogP contribution in [0.3, 0.4) is 0 Å². The molecule has 2 aliphatic heterocycles. The Hall–Kier alpha value is -2.87. The lowest BCUT2D eigenvalue weighted by Gasteiger charge is -2.22. The predicted octanol–water partition coefficient (Wildman–Crippen LogP) is 5.17. The Morgan fingerprint density at radius 2 is 1.70 bits per heavy atom. The van der Waals surface area contributed by atoms with E-state index in [0.717, 1.165) is 44.2 Å². The topological polar surface area (TPSA) is 70.6 Å². The van der Waals surface area contributed by atoms with Crippen LogP contribution < -0.4 is 10.1 Å². The second-order valence-electron chi connectivity index (χ2n) is 8.49. The molecule has 7 nitrogen and oxygen atoms in total. The molecule has 2 fully saturated rings. The Balaban J connectivity index is 1.13. The molecule has 0 unspecified atom stereocenters. The molecule has 2 saturated heterocycles. The summed E-state index contributed by atoms with van der Waals surface area (Å²) >= 11 is 11.7. The van der Waals surface area contributed by atoms with Crippen LogP contribution in [0.2, 0.25) is 10.2 Å². The van der Waals surface area contributed by atoms with Crippen LogP contribution in [-0.4, -0.2) is 52.2 Å². The minimum absolute atomic E-state index is 0.139. The van der Waals surface area contributed by atoms with Crippen molar-refractivity contribution in [3.8, 4) is 11.5 Å². The maximum Gasteiger partial charge on any atom is 0.323 e. The van der Waals surface area contributed by atoms with Crippen molar-refractivity contribution in [2.75, 3.05) is 31.5 Å². The summed E-state index contributed by atoms with van der Waals surface area (Å²) in [5.74, 6) is 2.92. The maximum absolute atomic E-state index is 12.6. The number of carbonyl (C=O) groups excluding carboxylic acids is 1. The third kappa shape index (κ3) is 5.38. The van der Waals surface area contributed by atoms with Gasteiger partial charge in [-0.3, -0.25) is 10.2 Å². The number of nitrogens with zero attached hydrogens (tertiary/aromatic N) is 4. The van der Waals surface area contributed by atoms with Crippen LogP contribution in [-0.2, 0) is 6.54 Å². The molecule has 0 radical (unpaired) electrons. The molecule has 0 saturated carbocycles. The van der Waals surface area contributed by atoms with Crippen LogP contribution in [0.1, 0.15) is 5.56 Å². The Morgan fingerprint density at radius 3 is 2.39 bits per heavy atom. The van der Waals surface area contributed by atoms with E-state index in [1.807, 2.05) is 41.3 Å². The Kier molecular flexibility index (Phi) is 6.35. The molecule has 1 aromatic heterocycles. The average Bonchev–Trinajstić information content (AvgIpc) is 3.36. The Labute approximate surface area is 202 Å². The van der Waals surface area contributed by atoms with Crippen molar-refractivity contribution in [3.63, 3.8) is 0 Å². The number of anilines is 1. The van der Waals surface area contributed by atoms with E-state index in [4.69, 9.17) is 27.9 Å². The molecule has 9 heteroatoms. The Morgan fingerprint density at radius 1 is 0.939 bits per heavy atom. The first-order valence-electron chi connectivity index (χ1n) is 10.8. The van der Waals surface area contributed by atoms with Gasteiger partial charge in [0.25, 0.3) is 0 Å². The molecule has 3 heterocycles. The van der Waals surface area contributed by atoms with Crippen molar-refractivity contribution in [2.45, 2.75) is 6.54 Å². The monoisotopic (exact) mass is 483 g/mol. The highest BCUT2D eigenvalue weighted by atomic mass is 35.5. The van der Waals surface area contributed by atoms with Gasteiger partial charge in [0.15, 0.2) is 11.0 Å². The van der Waals surface area contributed by atoms with Gasteiger partial charge in [-0.25, -0.2) is 4.79 Å². The number of rotatable bonds is 5. The second-order valence-corrected chi connectivity index (χ2v) is 9.32. The van der Waals surface area contributed by atoms with Crippen molar-refractivity contribution in [2.24, 2.45) is 11.8 Å². The van der Waals surface area contributed by atoms with Gasteiger partial charge in [0.1, 0.15) is 11.5 Å². The highest BCUT2D eigenvalue weighted by Crippen LogP contribution is 2.33.